The third kappa shape index (κ3) is 4.28. The molecule has 1 heterocycles. The second kappa shape index (κ2) is 6.36. The number of carbonyl (C=O) groups excluding carboxylic acids is 1. The van der Waals surface area contributed by atoms with Gasteiger partial charge in [0.2, 0.25) is 0 Å². The number of ether oxygens (including phenoxy) is 2. The lowest BCUT2D eigenvalue weighted by molar-refractivity contribution is -0.156. The van der Waals surface area contributed by atoms with Crippen LogP contribution in [0.2, 0.25) is 0 Å². The van der Waals surface area contributed by atoms with Gasteiger partial charge in [-0.25, -0.2) is 0 Å². The van der Waals surface area contributed by atoms with Gasteiger partial charge in [0.25, 0.3) is 0 Å². The van der Waals surface area contributed by atoms with E-state index in [0.717, 1.165) is 25.9 Å². The Morgan fingerprint density at radius 3 is 2.71 bits per heavy atom. The first-order valence-corrected chi connectivity index (χ1v) is 6.55. The fourth-order valence-electron chi connectivity index (χ4n) is 2.28. The van der Waals surface area contributed by atoms with Crippen LogP contribution < -0.4 is 0 Å². The minimum absolute atomic E-state index is 0.0907. The molecule has 4 nitrogen and oxygen atoms in total. The minimum atomic E-state index is -0.170. The second-order valence-corrected chi connectivity index (χ2v) is 5.14. The highest BCUT2D eigenvalue weighted by Gasteiger charge is 2.34. The molecule has 0 aromatic heterocycles. The summed E-state index contributed by atoms with van der Waals surface area (Å²) in [6.45, 7) is 10.8. The highest BCUT2D eigenvalue weighted by molar-refractivity contribution is 5.75. The van der Waals surface area contributed by atoms with Crippen LogP contribution in [0, 0.1) is 0 Å². The van der Waals surface area contributed by atoms with E-state index in [1.54, 1.807) is 0 Å². The van der Waals surface area contributed by atoms with E-state index in [2.05, 4.69) is 25.7 Å². The van der Waals surface area contributed by atoms with Crippen molar-refractivity contribution in [2.75, 3.05) is 26.3 Å². The molecule has 1 aliphatic rings. The van der Waals surface area contributed by atoms with E-state index in [1.165, 1.54) is 0 Å². The van der Waals surface area contributed by atoms with Gasteiger partial charge in [0.05, 0.1) is 18.8 Å². The van der Waals surface area contributed by atoms with Crippen molar-refractivity contribution in [3.8, 4) is 0 Å². The first-order valence-electron chi connectivity index (χ1n) is 6.55. The fraction of sp³-hybridized carbons (Fsp3) is 0.923. The molecule has 0 aliphatic carbocycles. The van der Waals surface area contributed by atoms with Crippen LogP contribution in [0.1, 0.15) is 40.5 Å². The van der Waals surface area contributed by atoms with E-state index in [1.807, 2.05) is 6.92 Å². The van der Waals surface area contributed by atoms with Crippen molar-refractivity contribution < 1.29 is 14.3 Å². The van der Waals surface area contributed by atoms with Crippen LogP contribution >= 0.6 is 0 Å². The summed E-state index contributed by atoms with van der Waals surface area (Å²) in [5.41, 5.74) is -0.170. The van der Waals surface area contributed by atoms with Crippen molar-refractivity contribution in [2.24, 2.45) is 0 Å². The largest absolute Gasteiger partial charge is 0.465 e. The van der Waals surface area contributed by atoms with Gasteiger partial charge in [-0.3, -0.25) is 9.69 Å². The summed E-state index contributed by atoms with van der Waals surface area (Å²) in [4.78, 5) is 14.1. The van der Waals surface area contributed by atoms with E-state index in [4.69, 9.17) is 9.47 Å². The van der Waals surface area contributed by atoms with Gasteiger partial charge in [0.15, 0.2) is 0 Å². The number of hydrogen-bond acceptors (Lipinski definition) is 4. The van der Waals surface area contributed by atoms with Crippen LogP contribution in [0.25, 0.3) is 0 Å². The van der Waals surface area contributed by atoms with Crippen molar-refractivity contribution in [2.45, 2.75) is 52.2 Å². The molecule has 0 spiro atoms. The summed E-state index contributed by atoms with van der Waals surface area (Å²) in [6, 6.07) is -0.108. The maximum atomic E-state index is 11.9. The van der Waals surface area contributed by atoms with Crippen LogP contribution in [0.15, 0.2) is 0 Å². The molecule has 1 rings (SSSR count). The molecule has 0 saturated carbocycles. The summed E-state index contributed by atoms with van der Waals surface area (Å²) < 4.78 is 10.8. The first kappa shape index (κ1) is 14.5. The summed E-state index contributed by atoms with van der Waals surface area (Å²) in [5, 5.41) is 0. The number of rotatable bonds is 5. The van der Waals surface area contributed by atoms with Gasteiger partial charge in [-0.05, 0) is 27.2 Å². The third-order valence-corrected chi connectivity index (χ3v) is 3.02. The third-order valence-electron chi connectivity index (χ3n) is 3.02. The molecule has 1 saturated heterocycles. The van der Waals surface area contributed by atoms with E-state index in [-0.39, 0.29) is 17.6 Å². The average molecular weight is 243 g/mol. The number of morpholine rings is 1. The zero-order chi connectivity index (χ0) is 12.9. The van der Waals surface area contributed by atoms with Crippen LogP contribution in [0.5, 0.6) is 0 Å². The van der Waals surface area contributed by atoms with E-state index < -0.39 is 0 Å². The topological polar surface area (TPSA) is 38.8 Å². The van der Waals surface area contributed by atoms with Crippen LogP contribution in [0.4, 0.5) is 0 Å². The molecule has 1 unspecified atom stereocenters. The molecular weight excluding hydrogens is 218 g/mol. The standard InChI is InChI=1S/C13H25NO3/c1-5-7-11(12(15)16-6-2)14-8-9-17-13(3,4)10-14/h11H,5-10H2,1-4H3. The molecule has 0 N–H and O–H groups in total. The molecule has 4 heteroatoms. The molecular formula is C13H25NO3. The normalized spacial score (nSPS) is 22.1. The zero-order valence-corrected chi connectivity index (χ0v) is 11.5. The Labute approximate surface area is 104 Å². The zero-order valence-electron chi connectivity index (χ0n) is 11.5. The Hall–Kier alpha value is -0.610. The monoisotopic (exact) mass is 243 g/mol. The fourth-order valence-corrected chi connectivity index (χ4v) is 2.28. The molecule has 1 aliphatic heterocycles. The second-order valence-electron chi connectivity index (χ2n) is 5.14. The lowest BCUT2D eigenvalue weighted by Gasteiger charge is -2.41. The summed E-state index contributed by atoms with van der Waals surface area (Å²) >= 11 is 0. The predicted octanol–water partition coefficient (Wildman–Crippen LogP) is 1.83. The number of carbonyl (C=O) groups is 1. The van der Waals surface area contributed by atoms with Crippen LogP contribution in [-0.4, -0.2) is 48.8 Å². The molecule has 0 radical (unpaired) electrons. The summed E-state index contributed by atoms with van der Waals surface area (Å²) in [7, 11) is 0. The number of esters is 1. The molecule has 0 aromatic rings. The van der Waals surface area contributed by atoms with Crippen molar-refractivity contribution in [3.63, 3.8) is 0 Å². The maximum Gasteiger partial charge on any atom is 0.323 e. The SMILES string of the molecule is CCCC(C(=O)OCC)N1CCOC(C)(C)C1. The average Bonchev–Trinajstić information content (AvgIpc) is 2.24. The Bertz CT molecular complexity index is 253. The highest BCUT2D eigenvalue weighted by atomic mass is 16.5. The molecule has 17 heavy (non-hydrogen) atoms. The summed E-state index contributed by atoms with van der Waals surface area (Å²) in [6.07, 6.45) is 1.84. The minimum Gasteiger partial charge on any atom is -0.465 e. The Balaban J connectivity index is 2.65. The highest BCUT2D eigenvalue weighted by Crippen LogP contribution is 2.20. The smallest absolute Gasteiger partial charge is 0.323 e. The van der Waals surface area contributed by atoms with E-state index in [9.17, 15) is 4.79 Å². The number of hydrogen-bond donors (Lipinski definition) is 0. The Kier molecular flexibility index (Phi) is 5.40. The van der Waals surface area contributed by atoms with Gasteiger partial charge >= 0.3 is 5.97 Å². The van der Waals surface area contributed by atoms with Crippen molar-refractivity contribution in [1.29, 1.82) is 0 Å². The molecule has 1 fully saturated rings. The maximum absolute atomic E-state index is 11.9. The van der Waals surface area contributed by atoms with Crippen molar-refractivity contribution >= 4 is 5.97 Å². The number of nitrogens with zero attached hydrogens (tertiary/aromatic N) is 1. The van der Waals surface area contributed by atoms with Gasteiger partial charge < -0.3 is 9.47 Å². The Morgan fingerprint density at radius 1 is 1.47 bits per heavy atom. The van der Waals surface area contributed by atoms with Gasteiger partial charge in [0.1, 0.15) is 6.04 Å². The predicted molar refractivity (Wildman–Crippen MR) is 66.9 cm³/mol. The van der Waals surface area contributed by atoms with Gasteiger partial charge in [-0.15, -0.1) is 0 Å². The van der Waals surface area contributed by atoms with E-state index in [0.29, 0.717) is 13.2 Å². The molecule has 0 bridgehead atoms. The van der Waals surface area contributed by atoms with Crippen LogP contribution in [0.3, 0.4) is 0 Å². The lowest BCUT2D eigenvalue weighted by Crippen LogP contribution is -2.54. The van der Waals surface area contributed by atoms with E-state index >= 15 is 0 Å². The van der Waals surface area contributed by atoms with Gasteiger partial charge in [-0.1, -0.05) is 13.3 Å². The first-order chi connectivity index (χ1) is 8.00. The van der Waals surface area contributed by atoms with Crippen molar-refractivity contribution in [1.82, 2.24) is 4.90 Å². The molecule has 100 valence electrons. The lowest BCUT2D eigenvalue weighted by atomic mass is 10.0. The van der Waals surface area contributed by atoms with Gasteiger partial charge in [0, 0.05) is 13.1 Å². The van der Waals surface area contributed by atoms with Crippen LogP contribution in [-0.2, 0) is 14.3 Å². The van der Waals surface area contributed by atoms with Gasteiger partial charge in [-0.2, -0.15) is 0 Å². The molecule has 0 aromatic carbocycles. The molecule has 1 atom stereocenters. The van der Waals surface area contributed by atoms with Crippen molar-refractivity contribution in [3.05, 3.63) is 0 Å². The molecule has 0 amide bonds. The quantitative estimate of drug-likeness (QED) is 0.691. The summed E-state index contributed by atoms with van der Waals surface area (Å²) in [5.74, 6) is -0.0907. The Morgan fingerprint density at radius 2 is 2.18 bits per heavy atom.